The molecule has 0 atom stereocenters. The third-order valence-corrected chi connectivity index (χ3v) is 4.76. The van der Waals surface area contributed by atoms with Crippen LogP contribution in [0.4, 0.5) is 4.79 Å². The van der Waals surface area contributed by atoms with E-state index in [-0.39, 0.29) is 6.03 Å². The van der Waals surface area contributed by atoms with Gasteiger partial charge in [0.2, 0.25) is 0 Å². The lowest BCUT2D eigenvalue weighted by atomic mass is 9.96. The summed E-state index contributed by atoms with van der Waals surface area (Å²) >= 11 is 0. The molecule has 1 saturated carbocycles. The van der Waals surface area contributed by atoms with Crippen LogP contribution in [0.1, 0.15) is 25.7 Å². The van der Waals surface area contributed by atoms with Crippen molar-refractivity contribution < 1.29 is 9.53 Å². The number of nitrogens with zero attached hydrogens (tertiary/aromatic N) is 2. The van der Waals surface area contributed by atoms with Crippen LogP contribution in [0.3, 0.4) is 0 Å². The highest BCUT2D eigenvalue weighted by molar-refractivity contribution is 5.74. The van der Waals surface area contributed by atoms with Gasteiger partial charge in [0.05, 0.1) is 13.2 Å². The molecule has 0 bridgehead atoms. The third kappa shape index (κ3) is 4.09. The van der Waals surface area contributed by atoms with Gasteiger partial charge in [-0.25, -0.2) is 4.79 Å². The molecule has 3 aliphatic rings. The minimum atomic E-state index is 0.154. The summed E-state index contributed by atoms with van der Waals surface area (Å²) in [7, 11) is 0. The van der Waals surface area contributed by atoms with Crippen molar-refractivity contribution in [1.29, 1.82) is 0 Å². The number of carbonyl (C=O) groups excluding carboxylic acids is 1. The maximum Gasteiger partial charge on any atom is 0.317 e. The number of ether oxygens (including phenoxy) is 1. The Hall–Kier alpha value is -0.810. The van der Waals surface area contributed by atoms with Gasteiger partial charge in [-0.15, -0.1) is 0 Å². The molecule has 114 valence electrons. The summed E-state index contributed by atoms with van der Waals surface area (Å²) in [5.74, 6) is 1.51. The zero-order valence-corrected chi connectivity index (χ0v) is 12.4. The van der Waals surface area contributed by atoms with Crippen LogP contribution in [0.5, 0.6) is 0 Å². The predicted octanol–water partition coefficient (Wildman–Crippen LogP) is 1.15. The molecule has 2 amide bonds. The zero-order valence-electron chi connectivity index (χ0n) is 12.4. The normalized spacial score (nSPS) is 25.7. The van der Waals surface area contributed by atoms with Crippen molar-refractivity contribution in [1.82, 2.24) is 15.1 Å². The van der Waals surface area contributed by atoms with Crippen molar-refractivity contribution in [2.24, 2.45) is 11.8 Å². The van der Waals surface area contributed by atoms with Gasteiger partial charge in [0.1, 0.15) is 0 Å². The number of piperidine rings is 1. The molecule has 5 heteroatoms. The number of amides is 2. The highest BCUT2D eigenvalue weighted by atomic mass is 16.5. The monoisotopic (exact) mass is 281 g/mol. The molecule has 3 rings (SSSR count). The van der Waals surface area contributed by atoms with E-state index in [4.69, 9.17) is 4.74 Å². The average molecular weight is 281 g/mol. The van der Waals surface area contributed by atoms with E-state index < -0.39 is 0 Å². The van der Waals surface area contributed by atoms with Gasteiger partial charge in [-0.2, -0.15) is 0 Å². The fourth-order valence-corrected chi connectivity index (χ4v) is 3.13. The van der Waals surface area contributed by atoms with Crippen LogP contribution >= 0.6 is 0 Å². The van der Waals surface area contributed by atoms with E-state index >= 15 is 0 Å². The first kappa shape index (κ1) is 14.1. The van der Waals surface area contributed by atoms with Crippen LogP contribution in [0.25, 0.3) is 0 Å². The van der Waals surface area contributed by atoms with E-state index in [2.05, 4.69) is 10.2 Å². The van der Waals surface area contributed by atoms with Crippen molar-refractivity contribution in [3.8, 4) is 0 Å². The Bertz CT molecular complexity index is 319. The number of nitrogens with one attached hydrogen (secondary N) is 1. The Morgan fingerprint density at radius 1 is 1.00 bits per heavy atom. The Morgan fingerprint density at radius 2 is 1.70 bits per heavy atom. The molecule has 1 N–H and O–H groups in total. The number of carbonyl (C=O) groups is 1. The van der Waals surface area contributed by atoms with Gasteiger partial charge in [0, 0.05) is 39.3 Å². The Morgan fingerprint density at radius 3 is 2.35 bits per heavy atom. The van der Waals surface area contributed by atoms with Crippen LogP contribution in [0.15, 0.2) is 0 Å². The Balaban J connectivity index is 1.34. The van der Waals surface area contributed by atoms with Gasteiger partial charge in [0.25, 0.3) is 0 Å². The number of rotatable bonds is 4. The Labute approximate surface area is 121 Å². The summed E-state index contributed by atoms with van der Waals surface area (Å²) in [5.41, 5.74) is 0. The quantitative estimate of drug-likeness (QED) is 0.841. The third-order valence-electron chi connectivity index (χ3n) is 4.76. The lowest BCUT2D eigenvalue weighted by Crippen LogP contribution is -2.47. The molecule has 0 radical (unpaired) electrons. The molecule has 20 heavy (non-hydrogen) atoms. The molecular formula is C15H27N3O2. The molecule has 5 nitrogen and oxygen atoms in total. The fourth-order valence-electron chi connectivity index (χ4n) is 3.13. The highest BCUT2D eigenvalue weighted by Crippen LogP contribution is 2.27. The molecular weight excluding hydrogens is 254 g/mol. The number of hydrogen-bond donors (Lipinski definition) is 1. The van der Waals surface area contributed by atoms with E-state index in [1.165, 1.54) is 19.4 Å². The molecule has 0 aromatic rings. The first-order valence-corrected chi connectivity index (χ1v) is 8.14. The molecule has 0 aromatic heterocycles. The number of likely N-dealkylation sites (tertiary alicyclic amines) is 1. The smallest absolute Gasteiger partial charge is 0.317 e. The van der Waals surface area contributed by atoms with Crippen molar-refractivity contribution >= 4 is 6.03 Å². The summed E-state index contributed by atoms with van der Waals surface area (Å²) < 4.78 is 5.39. The summed E-state index contributed by atoms with van der Waals surface area (Å²) in [5, 5.41) is 3.07. The molecule has 0 spiro atoms. The summed E-state index contributed by atoms with van der Waals surface area (Å²) in [6.45, 7) is 7.81. The predicted molar refractivity (Wildman–Crippen MR) is 77.7 cm³/mol. The first-order chi connectivity index (χ1) is 9.81. The lowest BCUT2D eigenvalue weighted by Gasteiger charge is -2.36. The van der Waals surface area contributed by atoms with Crippen molar-refractivity contribution in [3.05, 3.63) is 0 Å². The molecule has 1 aliphatic carbocycles. The maximum atomic E-state index is 12.0. The van der Waals surface area contributed by atoms with E-state index in [1.807, 2.05) is 4.90 Å². The van der Waals surface area contributed by atoms with Crippen molar-refractivity contribution in [3.63, 3.8) is 0 Å². The number of hydrogen-bond acceptors (Lipinski definition) is 3. The standard InChI is InChI=1S/C15H27N3O2/c19-15(16-11-13-1-2-13)18-5-3-14(4-6-18)12-17-7-9-20-10-8-17/h13-14H,1-12H2,(H,16,19). The SMILES string of the molecule is O=C(NCC1CC1)N1CCC(CN2CCOCC2)CC1. The number of morpholine rings is 1. The van der Waals surface area contributed by atoms with Crippen LogP contribution < -0.4 is 5.32 Å². The van der Waals surface area contributed by atoms with Gasteiger partial charge in [-0.3, -0.25) is 4.90 Å². The topological polar surface area (TPSA) is 44.8 Å². The molecule has 2 saturated heterocycles. The second-order valence-electron chi connectivity index (χ2n) is 6.47. The lowest BCUT2D eigenvalue weighted by molar-refractivity contribution is 0.0258. The summed E-state index contributed by atoms with van der Waals surface area (Å²) in [6.07, 6.45) is 4.88. The van der Waals surface area contributed by atoms with Crippen LogP contribution in [0.2, 0.25) is 0 Å². The summed E-state index contributed by atoms with van der Waals surface area (Å²) in [4.78, 5) is 16.5. The van der Waals surface area contributed by atoms with Crippen molar-refractivity contribution in [2.45, 2.75) is 25.7 Å². The van der Waals surface area contributed by atoms with E-state index in [9.17, 15) is 4.79 Å². The summed E-state index contributed by atoms with van der Waals surface area (Å²) in [6, 6.07) is 0.154. The van der Waals surface area contributed by atoms with Crippen LogP contribution in [-0.4, -0.2) is 68.3 Å². The van der Waals surface area contributed by atoms with Gasteiger partial charge in [-0.1, -0.05) is 0 Å². The van der Waals surface area contributed by atoms with Crippen LogP contribution in [-0.2, 0) is 4.74 Å². The van der Waals surface area contributed by atoms with Crippen molar-refractivity contribution in [2.75, 3.05) is 52.5 Å². The second kappa shape index (κ2) is 6.76. The minimum Gasteiger partial charge on any atom is -0.379 e. The first-order valence-electron chi connectivity index (χ1n) is 8.14. The average Bonchev–Trinajstić information content (AvgIpc) is 3.31. The Kier molecular flexibility index (Phi) is 4.78. The highest BCUT2D eigenvalue weighted by Gasteiger charge is 2.26. The van der Waals surface area contributed by atoms with E-state index in [0.29, 0.717) is 0 Å². The largest absolute Gasteiger partial charge is 0.379 e. The number of urea groups is 1. The van der Waals surface area contributed by atoms with Gasteiger partial charge in [-0.05, 0) is 37.5 Å². The maximum absolute atomic E-state index is 12.0. The van der Waals surface area contributed by atoms with Gasteiger partial charge >= 0.3 is 6.03 Å². The second-order valence-corrected chi connectivity index (χ2v) is 6.47. The molecule has 0 unspecified atom stereocenters. The van der Waals surface area contributed by atoms with Crippen LogP contribution in [0, 0.1) is 11.8 Å². The van der Waals surface area contributed by atoms with Gasteiger partial charge in [0.15, 0.2) is 0 Å². The zero-order chi connectivity index (χ0) is 13.8. The van der Waals surface area contributed by atoms with E-state index in [1.54, 1.807) is 0 Å². The molecule has 2 heterocycles. The molecule has 3 fully saturated rings. The van der Waals surface area contributed by atoms with E-state index in [0.717, 1.165) is 70.6 Å². The van der Waals surface area contributed by atoms with Gasteiger partial charge < -0.3 is 15.0 Å². The minimum absolute atomic E-state index is 0.154. The molecule has 2 aliphatic heterocycles. The fraction of sp³-hybridized carbons (Fsp3) is 0.933. The molecule has 0 aromatic carbocycles.